The Hall–Kier alpha value is -2.17. The van der Waals surface area contributed by atoms with Crippen LogP contribution in [0.4, 0.5) is 0 Å². The summed E-state index contributed by atoms with van der Waals surface area (Å²) in [7, 11) is 0. The maximum Gasteiger partial charge on any atom is 0.251 e. The van der Waals surface area contributed by atoms with E-state index >= 15 is 0 Å². The molecule has 0 aliphatic carbocycles. The lowest BCUT2D eigenvalue weighted by molar-refractivity contribution is -0.139. The lowest BCUT2D eigenvalue weighted by Crippen LogP contribution is -2.28. The van der Waals surface area contributed by atoms with Crippen LogP contribution in [0, 0.1) is 5.92 Å². The van der Waals surface area contributed by atoms with Gasteiger partial charge in [-0.05, 0) is 30.0 Å². The van der Waals surface area contributed by atoms with Gasteiger partial charge in [-0.3, -0.25) is 19.3 Å². The van der Waals surface area contributed by atoms with Gasteiger partial charge < -0.3 is 5.32 Å². The Morgan fingerprint density at radius 3 is 2.27 bits per heavy atom. The molecule has 0 bridgehead atoms. The average Bonchev–Trinajstić information content (AvgIpc) is 2.79. The highest BCUT2D eigenvalue weighted by Gasteiger charge is 2.28. The zero-order chi connectivity index (χ0) is 16.1. The summed E-state index contributed by atoms with van der Waals surface area (Å²) >= 11 is 0. The molecule has 22 heavy (non-hydrogen) atoms. The molecule has 1 aromatic rings. The normalized spacial score (nSPS) is 14.8. The number of rotatable bonds is 6. The van der Waals surface area contributed by atoms with Gasteiger partial charge in [-0.2, -0.15) is 0 Å². The van der Waals surface area contributed by atoms with Gasteiger partial charge in [0.1, 0.15) is 0 Å². The molecule has 0 saturated carbocycles. The first-order valence-corrected chi connectivity index (χ1v) is 7.67. The van der Waals surface area contributed by atoms with Crippen LogP contribution in [0.25, 0.3) is 0 Å². The number of carbonyl (C=O) groups is 3. The Kier molecular flexibility index (Phi) is 5.31. The first-order chi connectivity index (χ1) is 10.5. The van der Waals surface area contributed by atoms with Crippen molar-refractivity contribution in [3.05, 3.63) is 35.4 Å². The second-order valence-electron chi connectivity index (χ2n) is 6.01. The van der Waals surface area contributed by atoms with Gasteiger partial charge in [0, 0.05) is 24.9 Å². The molecule has 1 saturated heterocycles. The second-order valence-corrected chi connectivity index (χ2v) is 6.01. The van der Waals surface area contributed by atoms with Crippen molar-refractivity contribution in [2.24, 2.45) is 5.92 Å². The van der Waals surface area contributed by atoms with E-state index in [9.17, 15) is 14.4 Å². The first-order valence-electron chi connectivity index (χ1n) is 7.67. The van der Waals surface area contributed by atoms with Crippen LogP contribution in [0.1, 0.15) is 49.0 Å². The maximum atomic E-state index is 12.0. The van der Waals surface area contributed by atoms with Crippen LogP contribution in [-0.4, -0.2) is 29.2 Å². The van der Waals surface area contributed by atoms with E-state index in [1.54, 1.807) is 24.3 Å². The number of imide groups is 1. The number of likely N-dealkylation sites (tertiary alicyclic amines) is 1. The number of amides is 3. The predicted molar refractivity (Wildman–Crippen MR) is 83.0 cm³/mol. The molecule has 1 aliphatic rings. The van der Waals surface area contributed by atoms with Crippen LogP contribution in [0.15, 0.2) is 24.3 Å². The number of hydrogen-bond acceptors (Lipinski definition) is 3. The van der Waals surface area contributed by atoms with Crippen LogP contribution in [0.5, 0.6) is 0 Å². The van der Waals surface area contributed by atoms with Crippen LogP contribution in [-0.2, 0) is 16.1 Å². The molecule has 5 nitrogen and oxygen atoms in total. The van der Waals surface area contributed by atoms with E-state index in [0.717, 1.165) is 12.0 Å². The van der Waals surface area contributed by atoms with E-state index in [-0.39, 0.29) is 24.3 Å². The highest BCUT2D eigenvalue weighted by molar-refractivity contribution is 6.01. The van der Waals surface area contributed by atoms with Gasteiger partial charge in [-0.25, -0.2) is 0 Å². The zero-order valence-corrected chi connectivity index (χ0v) is 13.1. The van der Waals surface area contributed by atoms with E-state index in [0.29, 0.717) is 30.9 Å². The van der Waals surface area contributed by atoms with Crippen molar-refractivity contribution in [1.82, 2.24) is 10.2 Å². The minimum atomic E-state index is -0.125. The Balaban J connectivity index is 1.91. The predicted octanol–water partition coefficient (Wildman–Crippen LogP) is 2.11. The van der Waals surface area contributed by atoms with Gasteiger partial charge in [0.15, 0.2) is 0 Å². The van der Waals surface area contributed by atoms with Gasteiger partial charge in [-0.1, -0.05) is 26.0 Å². The quantitative estimate of drug-likeness (QED) is 0.818. The van der Waals surface area contributed by atoms with Gasteiger partial charge >= 0.3 is 0 Å². The molecular weight excluding hydrogens is 280 g/mol. The van der Waals surface area contributed by atoms with E-state index in [2.05, 4.69) is 19.2 Å². The van der Waals surface area contributed by atoms with Gasteiger partial charge in [0.25, 0.3) is 5.91 Å². The number of nitrogens with one attached hydrogen (secondary N) is 1. The summed E-state index contributed by atoms with van der Waals surface area (Å²) in [5.74, 6) is 0.208. The molecule has 1 aromatic carbocycles. The molecule has 0 spiro atoms. The van der Waals surface area contributed by atoms with E-state index in [1.807, 2.05) is 0 Å². The van der Waals surface area contributed by atoms with Crippen LogP contribution in [0.2, 0.25) is 0 Å². The van der Waals surface area contributed by atoms with E-state index in [1.165, 1.54) is 4.90 Å². The molecule has 1 N–H and O–H groups in total. The number of carbonyl (C=O) groups excluding carboxylic acids is 3. The monoisotopic (exact) mass is 302 g/mol. The largest absolute Gasteiger partial charge is 0.352 e. The minimum Gasteiger partial charge on any atom is -0.352 e. The third kappa shape index (κ3) is 4.16. The van der Waals surface area contributed by atoms with Gasteiger partial charge in [-0.15, -0.1) is 0 Å². The second kappa shape index (κ2) is 7.20. The summed E-state index contributed by atoms with van der Waals surface area (Å²) in [4.78, 5) is 36.4. The van der Waals surface area contributed by atoms with E-state index < -0.39 is 0 Å². The fourth-order valence-corrected chi connectivity index (χ4v) is 2.32. The first kappa shape index (κ1) is 16.2. The SMILES string of the molecule is CC(C)CCNC(=O)c1ccc(CN2C(=O)CCC2=O)cc1. The summed E-state index contributed by atoms with van der Waals surface area (Å²) in [6, 6.07) is 7.03. The number of nitrogens with zero attached hydrogens (tertiary/aromatic N) is 1. The van der Waals surface area contributed by atoms with Gasteiger partial charge in [0.05, 0.1) is 6.54 Å². The molecule has 2 rings (SSSR count). The zero-order valence-electron chi connectivity index (χ0n) is 13.1. The summed E-state index contributed by atoms with van der Waals surface area (Å²) in [6.07, 6.45) is 1.55. The lowest BCUT2D eigenvalue weighted by Gasteiger charge is -2.14. The Bertz CT molecular complexity index is 548. The fourth-order valence-electron chi connectivity index (χ4n) is 2.32. The van der Waals surface area contributed by atoms with Crippen molar-refractivity contribution < 1.29 is 14.4 Å². The van der Waals surface area contributed by atoms with Crippen molar-refractivity contribution in [2.75, 3.05) is 6.54 Å². The third-order valence-corrected chi connectivity index (χ3v) is 3.72. The van der Waals surface area contributed by atoms with Crippen molar-refractivity contribution in [1.29, 1.82) is 0 Å². The maximum absolute atomic E-state index is 12.0. The Morgan fingerprint density at radius 2 is 1.73 bits per heavy atom. The Labute approximate surface area is 130 Å². The molecule has 1 fully saturated rings. The smallest absolute Gasteiger partial charge is 0.251 e. The summed E-state index contributed by atoms with van der Waals surface area (Å²) < 4.78 is 0. The molecule has 0 aromatic heterocycles. The molecular formula is C17H22N2O3. The molecule has 0 unspecified atom stereocenters. The molecule has 1 aliphatic heterocycles. The van der Waals surface area contributed by atoms with Crippen LogP contribution in [0.3, 0.4) is 0 Å². The van der Waals surface area contributed by atoms with E-state index in [4.69, 9.17) is 0 Å². The topological polar surface area (TPSA) is 66.5 Å². The fraction of sp³-hybridized carbons (Fsp3) is 0.471. The van der Waals surface area contributed by atoms with Crippen molar-refractivity contribution in [3.8, 4) is 0 Å². The standard InChI is InChI=1S/C17H22N2O3/c1-12(2)9-10-18-17(22)14-5-3-13(4-6-14)11-19-15(20)7-8-16(19)21/h3-6,12H,7-11H2,1-2H3,(H,18,22). The molecule has 1 heterocycles. The highest BCUT2D eigenvalue weighted by atomic mass is 16.2. The van der Waals surface area contributed by atoms with Gasteiger partial charge in [0.2, 0.25) is 11.8 Å². The Morgan fingerprint density at radius 1 is 1.14 bits per heavy atom. The lowest BCUT2D eigenvalue weighted by atomic mass is 10.1. The van der Waals surface area contributed by atoms with Crippen molar-refractivity contribution >= 4 is 17.7 Å². The minimum absolute atomic E-state index is 0.0967. The number of hydrogen-bond donors (Lipinski definition) is 1. The van der Waals surface area contributed by atoms with Crippen LogP contribution >= 0.6 is 0 Å². The highest BCUT2D eigenvalue weighted by Crippen LogP contribution is 2.16. The number of benzene rings is 1. The molecule has 118 valence electrons. The van der Waals surface area contributed by atoms with Crippen molar-refractivity contribution in [2.45, 2.75) is 39.7 Å². The van der Waals surface area contributed by atoms with Crippen LogP contribution < -0.4 is 5.32 Å². The summed E-state index contributed by atoms with van der Waals surface area (Å²) in [6.45, 7) is 5.17. The molecule has 0 atom stereocenters. The summed E-state index contributed by atoms with van der Waals surface area (Å²) in [5.41, 5.74) is 1.44. The van der Waals surface area contributed by atoms with Crippen molar-refractivity contribution in [3.63, 3.8) is 0 Å². The molecule has 5 heteroatoms. The summed E-state index contributed by atoms with van der Waals surface area (Å²) in [5, 5.41) is 2.88. The molecule has 3 amide bonds. The molecule has 0 radical (unpaired) electrons. The average molecular weight is 302 g/mol. The third-order valence-electron chi connectivity index (χ3n) is 3.72.